The molecule has 0 aliphatic heterocycles. The highest BCUT2D eigenvalue weighted by Crippen LogP contribution is 2.40. The van der Waals surface area contributed by atoms with Gasteiger partial charge in [-0.1, -0.05) is 18.5 Å². The van der Waals surface area contributed by atoms with Crippen LogP contribution in [0.2, 0.25) is 5.02 Å². The minimum absolute atomic E-state index is 0.00315. The van der Waals surface area contributed by atoms with E-state index in [1.54, 1.807) is 0 Å². The fraction of sp³-hybridized carbons (Fsp3) is 0.455. The molecular weight excluding hydrogens is 216 g/mol. The number of rotatable bonds is 3. The molecule has 0 saturated carbocycles. The summed E-state index contributed by atoms with van der Waals surface area (Å²) in [4.78, 5) is 0. The molecule has 0 spiro atoms. The van der Waals surface area contributed by atoms with E-state index in [-0.39, 0.29) is 18.3 Å². The summed E-state index contributed by atoms with van der Waals surface area (Å²) < 4.78 is 5.12. The molecule has 1 aromatic carbocycles. The molecule has 15 heavy (non-hydrogen) atoms. The Balaban J connectivity index is 3.43. The Morgan fingerprint density at radius 2 is 2.13 bits per heavy atom. The van der Waals surface area contributed by atoms with E-state index in [9.17, 15) is 5.11 Å². The summed E-state index contributed by atoms with van der Waals surface area (Å²) in [5.41, 5.74) is 1.58. The van der Waals surface area contributed by atoms with Crippen LogP contribution in [0.4, 0.5) is 0 Å². The minimum Gasteiger partial charge on any atom is -0.504 e. The zero-order chi connectivity index (χ0) is 11.6. The smallest absolute Gasteiger partial charge is 0.164 e. The van der Waals surface area contributed by atoms with E-state index >= 15 is 0 Å². The first-order chi connectivity index (χ1) is 7.02. The third kappa shape index (κ3) is 2.19. The molecule has 2 N–H and O–H groups in total. The second-order valence-corrected chi connectivity index (χ2v) is 3.94. The van der Waals surface area contributed by atoms with Crippen LogP contribution in [0.1, 0.15) is 24.0 Å². The van der Waals surface area contributed by atoms with Crippen LogP contribution in [-0.4, -0.2) is 23.9 Å². The van der Waals surface area contributed by atoms with Crippen LogP contribution in [0.3, 0.4) is 0 Å². The molecule has 84 valence electrons. The van der Waals surface area contributed by atoms with Gasteiger partial charge in [0.2, 0.25) is 0 Å². The predicted molar refractivity (Wildman–Crippen MR) is 59.9 cm³/mol. The van der Waals surface area contributed by atoms with Crippen molar-refractivity contribution in [1.29, 1.82) is 0 Å². The first-order valence-electron chi connectivity index (χ1n) is 4.69. The average molecular weight is 231 g/mol. The first-order valence-corrected chi connectivity index (χ1v) is 5.07. The summed E-state index contributed by atoms with van der Waals surface area (Å²) in [6, 6.07) is 1.45. The van der Waals surface area contributed by atoms with Crippen LogP contribution >= 0.6 is 11.6 Å². The molecule has 0 fully saturated rings. The lowest BCUT2D eigenvalue weighted by atomic mass is 9.95. The molecule has 1 unspecified atom stereocenters. The van der Waals surface area contributed by atoms with E-state index in [4.69, 9.17) is 21.4 Å². The standard InChI is InChI=1S/C11H15ClO3/c1-6(5-13)10-7(2)8(12)4-9(14)11(10)15-3/h4,6,13-14H,5H2,1-3H3. The summed E-state index contributed by atoms with van der Waals surface area (Å²) in [6.07, 6.45) is 0. The number of phenolic OH excluding ortho intramolecular Hbond substituents is 1. The number of aromatic hydroxyl groups is 1. The summed E-state index contributed by atoms with van der Waals surface area (Å²) in [5, 5.41) is 19.3. The SMILES string of the molecule is COc1c(O)cc(Cl)c(C)c1C(C)CO. The van der Waals surface area contributed by atoms with Gasteiger partial charge in [0.05, 0.1) is 7.11 Å². The molecule has 0 aliphatic rings. The number of aliphatic hydroxyl groups excluding tert-OH is 1. The van der Waals surface area contributed by atoms with Crippen molar-refractivity contribution >= 4 is 11.6 Å². The maximum atomic E-state index is 9.65. The molecule has 0 bridgehead atoms. The molecule has 1 aromatic rings. The Morgan fingerprint density at radius 3 is 2.60 bits per heavy atom. The summed E-state index contributed by atoms with van der Waals surface area (Å²) in [6.45, 7) is 3.67. The first kappa shape index (κ1) is 12.1. The number of aliphatic hydroxyl groups is 1. The third-order valence-corrected chi connectivity index (χ3v) is 2.87. The molecule has 4 heteroatoms. The highest BCUT2D eigenvalue weighted by Gasteiger charge is 2.19. The van der Waals surface area contributed by atoms with Crippen LogP contribution in [0.15, 0.2) is 6.07 Å². The topological polar surface area (TPSA) is 49.7 Å². The average Bonchev–Trinajstić information content (AvgIpc) is 2.21. The highest BCUT2D eigenvalue weighted by molar-refractivity contribution is 6.31. The van der Waals surface area contributed by atoms with Crippen molar-refractivity contribution in [2.24, 2.45) is 0 Å². The van der Waals surface area contributed by atoms with Crippen LogP contribution in [0.5, 0.6) is 11.5 Å². The lowest BCUT2D eigenvalue weighted by Crippen LogP contribution is -2.05. The number of methoxy groups -OCH3 is 1. The van der Waals surface area contributed by atoms with Crippen molar-refractivity contribution in [2.75, 3.05) is 13.7 Å². The van der Waals surface area contributed by atoms with Gasteiger partial charge in [0.1, 0.15) is 0 Å². The summed E-state index contributed by atoms with van der Waals surface area (Å²) >= 11 is 5.95. The zero-order valence-corrected chi connectivity index (χ0v) is 9.80. The Bertz CT molecular complexity index is 363. The molecule has 0 aliphatic carbocycles. The van der Waals surface area contributed by atoms with Gasteiger partial charge in [-0.05, 0) is 12.5 Å². The van der Waals surface area contributed by atoms with Gasteiger partial charge in [-0.3, -0.25) is 0 Å². The lowest BCUT2D eigenvalue weighted by Gasteiger charge is -2.18. The lowest BCUT2D eigenvalue weighted by molar-refractivity contribution is 0.268. The van der Waals surface area contributed by atoms with Crippen molar-refractivity contribution in [3.63, 3.8) is 0 Å². The minimum atomic E-state index is -0.121. The van der Waals surface area contributed by atoms with Gasteiger partial charge in [-0.15, -0.1) is 0 Å². The van der Waals surface area contributed by atoms with Gasteiger partial charge in [0.15, 0.2) is 11.5 Å². The quantitative estimate of drug-likeness (QED) is 0.839. The number of ether oxygens (including phenoxy) is 1. The van der Waals surface area contributed by atoms with Crippen molar-refractivity contribution in [3.8, 4) is 11.5 Å². The number of benzene rings is 1. The van der Waals surface area contributed by atoms with Crippen molar-refractivity contribution < 1.29 is 14.9 Å². The van der Waals surface area contributed by atoms with Gasteiger partial charge >= 0.3 is 0 Å². The molecule has 1 rings (SSSR count). The molecule has 0 amide bonds. The molecule has 0 heterocycles. The van der Waals surface area contributed by atoms with Crippen molar-refractivity contribution in [1.82, 2.24) is 0 Å². The second-order valence-electron chi connectivity index (χ2n) is 3.53. The Labute approximate surface area is 94.3 Å². The van der Waals surface area contributed by atoms with Gasteiger partial charge in [0, 0.05) is 29.2 Å². The van der Waals surface area contributed by atoms with Crippen LogP contribution < -0.4 is 4.74 Å². The van der Waals surface area contributed by atoms with Crippen molar-refractivity contribution in [3.05, 3.63) is 22.2 Å². The Hall–Kier alpha value is -0.930. The number of hydrogen-bond acceptors (Lipinski definition) is 3. The van der Waals surface area contributed by atoms with E-state index in [0.29, 0.717) is 10.8 Å². The number of halogens is 1. The maximum absolute atomic E-state index is 9.65. The van der Waals surface area contributed by atoms with E-state index < -0.39 is 0 Å². The predicted octanol–water partition coefficient (Wildman–Crippen LogP) is 2.46. The molecule has 0 saturated heterocycles. The zero-order valence-electron chi connectivity index (χ0n) is 9.04. The monoisotopic (exact) mass is 230 g/mol. The van der Waals surface area contributed by atoms with E-state index in [2.05, 4.69) is 0 Å². The van der Waals surface area contributed by atoms with Crippen molar-refractivity contribution in [2.45, 2.75) is 19.8 Å². The second kappa shape index (κ2) is 4.73. The van der Waals surface area contributed by atoms with E-state index in [1.165, 1.54) is 13.2 Å². The van der Waals surface area contributed by atoms with E-state index in [0.717, 1.165) is 11.1 Å². The molecule has 3 nitrogen and oxygen atoms in total. The van der Waals surface area contributed by atoms with E-state index in [1.807, 2.05) is 13.8 Å². The largest absolute Gasteiger partial charge is 0.504 e. The maximum Gasteiger partial charge on any atom is 0.164 e. The summed E-state index contributed by atoms with van der Waals surface area (Å²) in [7, 11) is 1.48. The van der Waals surface area contributed by atoms with Crippen LogP contribution in [0, 0.1) is 6.92 Å². The highest BCUT2D eigenvalue weighted by atomic mass is 35.5. The van der Waals surface area contributed by atoms with Crippen LogP contribution in [-0.2, 0) is 0 Å². The van der Waals surface area contributed by atoms with Gasteiger partial charge in [0.25, 0.3) is 0 Å². The van der Waals surface area contributed by atoms with Crippen LogP contribution in [0.25, 0.3) is 0 Å². The normalized spacial score (nSPS) is 12.6. The fourth-order valence-electron chi connectivity index (χ4n) is 1.63. The molecule has 0 aromatic heterocycles. The molecule has 1 atom stereocenters. The third-order valence-electron chi connectivity index (χ3n) is 2.47. The molecule has 0 radical (unpaired) electrons. The number of hydrogen-bond donors (Lipinski definition) is 2. The number of phenols is 1. The fourth-order valence-corrected chi connectivity index (χ4v) is 1.84. The Kier molecular flexibility index (Phi) is 3.83. The van der Waals surface area contributed by atoms with Gasteiger partial charge < -0.3 is 14.9 Å². The van der Waals surface area contributed by atoms with Gasteiger partial charge in [-0.25, -0.2) is 0 Å². The molecular formula is C11H15ClO3. The Morgan fingerprint density at radius 1 is 1.53 bits per heavy atom. The summed E-state index contributed by atoms with van der Waals surface area (Å²) in [5.74, 6) is 0.270. The van der Waals surface area contributed by atoms with Gasteiger partial charge in [-0.2, -0.15) is 0 Å².